The molecule has 124 valence electrons. The van der Waals surface area contributed by atoms with Crippen LogP contribution in [0.4, 0.5) is 0 Å². The van der Waals surface area contributed by atoms with Crippen LogP contribution in [0.25, 0.3) is 0 Å². The monoisotopic (exact) mass is 338 g/mol. The molecular weight excluding hydrogens is 320 g/mol. The zero-order chi connectivity index (χ0) is 17.3. The summed E-state index contributed by atoms with van der Waals surface area (Å²) in [6, 6.07) is 6.49. The summed E-state index contributed by atoms with van der Waals surface area (Å²) in [5, 5.41) is 2.38. The molecule has 23 heavy (non-hydrogen) atoms. The minimum Gasteiger partial charge on any atom is -0.452 e. The van der Waals surface area contributed by atoms with Crippen molar-refractivity contribution in [1.29, 1.82) is 0 Å². The smallest absolute Gasteiger partial charge is 0.338 e. The summed E-state index contributed by atoms with van der Waals surface area (Å²) in [4.78, 5) is 23.0. The summed E-state index contributed by atoms with van der Waals surface area (Å²) >= 11 is 0. The van der Waals surface area contributed by atoms with Gasteiger partial charge in [-0.15, -0.1) is 6.42 Å². The second kappa shape index (κ2) is 8.92. The van der Waals surface area contributed by atoms with Crippen molar-refractivity contribution in [3.05, 3.63) is 35.4 Å². The SMILES string of the molecule is C#CCNC(=O)COC(=O)c1ccc(CCNS(C)(=O)=O)cc1. The van der Waals surface area contributed by atoms with Crippen LogP contribution in [0, 0.1) is 12.3 Å². The van der Waals surface area contributed by atoms with Crippen molar-refractivity contribution in [1.82, 2.24) is 10.0 Å². The van der Waals surface area contributed by atoms with Crippen molar-refractivity contribution in [2.45, 2.75) is 6.42 Å². The number of amides is 1. The highest BCUT2D eigenvalue weighted by Crippen LogP contribution is 2.06. The van der Waals surface area contributed by atoms with Crippen molar-refractivity contribution in [3.63, 3.8) is 0 Å². The first-order valence-corrected chi connectivity index (χ1v) is 8.62. The third kappa shape index (κ3) is 7.99. The maximum Gasteiger partial charge on any atom is 0.338 e. The van der Waals surface area contributed by atoms with Gasteiger partial charge in [0.2, 0.25) is 10.0 Å². The first kappa shape index (κ1) is 18.7. The van der Waals surface area contributed by atoms with Crippen LogP contribution in [-0.4, -0.2) is 46.2 Å². The van der Waals surface area contributed by atoms with Gasteiger partial charge in [0.1, 0.15) is 0 Å². The predicted octanol–water partition coefficient (Wildman–Crippen LogP) is -0.315. The van der Waals surface area contributed by atoms with Gasteiger partial charge in [-0.05, 0) is 24.1 Å². The average molecular weight is 338 g/mol. The number of benzene rings is 1. The van der Waals surface area contributed by atoms with Crippen LogP contribution in [0.5, 0.6) is 0 Å². The molecule has 0 heterocycles. The Kier molecular flexibility index (Phi) is 7.25. The van der Waals surface area contributed by atoms with E-state index in [1.807, 2.05) is 0 Å². The van der Waals surface area contributed by atoms with Gasteiger partial charge in [0.25, 0.3) is 5.91 Å². The van der Waals surface area contributed by atoms with Crippen molar-refractivity contribution in [3.8, 4) is 12.3 Å². The molecule has 0 aliphatic heterocycles. The third-order valence-electron chi connectivity index (χ3n) is 2.69. The molecule has 0 radical (unpaired) electrons. The summed E-state index contributed by atoms with van der Waals surface area (Å²) in [6.07, 6.45) is 6.57. The van der Waals surface area contributed by atoms with Gasteiger partial charge in [0.05, 0.1) is 18.4 Å². The summed E-state index contributed by atoms with van der Waals surface area (Å²) in [5.41, 5.74) is 1.17. The molecule has 1 aromatic rings. The van der Waals surface area contributed by atoms with Crippen LogP contribution in [-0.2, 0) is 26.0 Å². The van der Waals surface area contributed by atoms with Crippen molar-refractivity contribution in [2.24, 2.45) is 0 Å². The molecule has 1 amide bonds. The Labute approximate surface area is 135 Å². The Bertz CT molecular complexity index is 690. The largest absolute Gasteiger partial charge is 0.452 e. The van der Waals surface area contributed by atoms with Crippen LogP contribution < -0.4 is 10.0 Å². The fourth-order valence-corrected chi connectivity index (χ4v) is 2.08. The lowest BCUT2D eigenvalue weighted by molar-refractivity contribution is -0.123. The Morgan fingerprint density at radius 3 is 2.48 bits per heavy atom. The Hall–Kier alpha value is -2.37. The molecule has 0 unspecified atom stereocenters. The topological polar surface area (TPSA) is 102 Å². The Morgan fingerprint density at radius 1 is 1.26 bits per heavy atom. The maximum absolute atomic E-state index is 11.7. The van der Waals surface area contributed by atoms with Gasteiger partial charge < -0.3 is 10.1 Å². The number of sulfonamides is 1. The fraction of sp³-hybridized carbons (Fsp3) is 0.333. The molecule has 0 spiro atoms. The van der Waals surface area contributed by atoms with E-state index in [9.17, 15) is 18.0 Å². The van der Waals surface area contributed by atoms with Crippen LogP contribution in [0.1, 0.15) is 15.9 Å². The first-order chi connectivity index (χ1) is 10.8. The number of hydrogen-bond donors (Lipinski definition) is 2. The highest BCUT2D eigenvalue weighted by atomic mass is 32.2. The summed E-state index contributed by atoms with van der Waals surface area (Å²) < 4.78 is 29.1. The van der Waals surface area contributed by atoms with E-state index in [1.165, 1.54) is 0 Å². The van der Waals surface area contributed by atoms with Gasteiger partial charge >= 0.3 is 5.97 Å². The molecule has 0 saturated heterocycles. The van der Waals surface area contributed by atoms with E-state index in [2.05, 4.69) is 16.0 Å². The van der Waals surface area contributed by atoms with E-state index >= 15 is 0 Å². The van der Waals surface area contributed by atoms with Gasteiger partial charge in [-0.25, -0.2) is 17.9 Å². The van der Waals surface area contributed by atoms with E-state index in [0.717, 1.165) is 11.8 Å². The molecule has 0 bridgehead atoms. The molecule has 0 aliphatic carbocycles. The highest BCUT2D eigenvalue weighted by molar-refractivity contribution is 7.88. The molecule has 1 aromatic carbocycles. The van der Waals surface area contributed by atoms with Crippen molar-refractivity contribution < 1.29 is 22.7 Å². The number of ether oxygens (including phenoxy) is 1. The normalized spacial score (nSPS) is 10.6. The van der Waals surface area contributed by atoms with Crippen molar-refractivity contribution in [2.75, 3.05) is 26.0 Å². The second-order valence-electron chi connectivity index (χ2n) is 4.67. The number of rotatable bonds is 8. The summed E-state index contributed by atoms with van der Waals surface area (Å²) in [7, 11) is -3.21. The van der Waals surface area contributed by atoms with E-state index in [-0.39, 0.29) is 13.1 Å². The standard InChI is InChI=1S/C15H18N2O5S/c1-3-9-16-14(18)11-22-15(19)13-6-4-12(5-7-13)8-10-17-23(2,20)21/h1,4-7,17H,8-11H2,2H3,(H,16,18). The lowest BCUT2D eigenvalue weighted by atomic mass is 10.1. The van der Waals surface area contributed by atoms with Gasteiger partial charge in [0, 0.05) is 6.54 Å². The maximum atomic E-state index is 11.7. The van der Waals surface area contributed by atoms with Crippen LogP contribution in [0.15, 0.2) is 24.3 Å². The number of esters is 1. The third-order valence-corrected chi connectivity index (χ3v) is 3.42. The van der Waals surface area contributed by atoms with E-state index in [4.69, 9.17) is 11.2 Å². The minimum absolute atomic E-state index is 0.0760. The minimum atomic E-state index is -3.21. The number of carbonyl (C=O) groups is 2. The Morgan fingerprint density at radius 2 is 1.91 bits per heavy atom. The van der Waals surface area contributed by atoms with Crippen LogP contribution >= 0.6 is 0 Å². The van der Waals surface area contributed by atoms with Gasteiger partial charge in [-0.3, -0.25) is 4.79 Å². The molecule has 7 nitrogen and oxygen atoms in total. The zero-order valence-electron chi connectivity index (χ0n) is 12.7. The number of hydrogen-bond acceptors (Lipinski definition) is 5. The van der Waals surface area contributed by atoms with Gasteiger partial charge in [-0.2, -0.15) is 0 Å². The zero-order valence-corrected chi connectivity index (χ0v) is 13.5. The highest BCUT2D eigenvalue weighted by Gasteiger charge is 2.10. The molecule has 2 N–H and O–H groups in total. The van der Waals surface area contributed by atoms with Gasteiger partial charge in [0.15, 0.2) is 6.61 Å². The molecule has 0 atom stereocenters. The predicted molar refractivity (Wildman–Crippen MR) is 85.1 cm³/mol. The average Bonchev–Trinajstić information content (AvgIpc) is 2.50. The lowest BCUT2D eigenvalue weighted by Gasteiger charge is -2.06. The van der Waals surface area contributed by atoms with E-state index < -0.39 is 28.5 Å². The molecule has 0 aliphatic rings. The molecule has 0 fully saturated rings. The van der Waals surface area contributed by atoms with E-state index in [0.29, 0.717) is 12.0 Å². The summed E-state index contributed by atoms with van der Waals surface area (Å²) in [6.45, 7) is -0.0505. The fourth-order valence-electron chi connectivity index (χ4n) is 1.60. The second-order valence-corrected chi connectivity index (χ2v) is 6.50. The lowest BCUT2D eigenvalue weighted by Crippen LogP contribution is -2.29. The molecule has 1 rings (SSSR count). The van der Waals surface area contributed by atoms with E-state index in [1.54, 1.807) is 24.3 Å². The summed E-state index contributed by atoms with van der Waals surface area (Å²) in [5.74, 6) is 1.14. The quantitative estimate of drug-likeness (QED) is 0.500. The van der Waals surface area contributed by atoms with Crippen LogP contribution in [0.3, 0.4) is 0 Å². The van der Waals surface area contributed by atoms with Crippen LogP contribution in [0.2, 0.25) is 0 Å². The first-order valence-electron chi connectivity index (χ1n) is 6.72. The van der Waals surface area contributed by atoms with Crippen molar-refractivity contribution >= 4 is 21.9 Å². The molecular formula is C15H18N2O5S. The molecule has 0 saturated carbocycles. The number of terminal acetylenes is 1. The number of carbonyl (C=O) groups excluding carboxylic acids is 2. The number of nitrogens with one attached hydrogen (secondary N) is 2. The van der Waals surface area contributed by atoms with Gasteiger partial charge in [-0.1, -0.05) is 18.1 Å². The molecule has 8 heteroatoms. The molecule has 0 aromatic heterocycles. The Balaban J connectivity index is 2.45.